The average molecular weight is 283 g/mol. The molecule has 0 aliphatic heterocycles. The fourth-order valence-electron chi connectivity index (χ4n) is 2.22. The lowest BCUT2D eigenvalue weighted by Crippen LogP contribution is -2.45. The SMILES string of the molecule is CC1(C)CCC(O)(CNCCOCC(F)(F)F)CC1. The minimum absolute atomic E-state index is 0.00107. The first-order valence-electron chi connectivity index (χ1n) is 6.70. The number of hydrogen-bond acceptors (Lipinski definition) is 3. The lowest BCUT2D eigenvalue weighted by atomic mass is 9.71. The third-order valence-corrected chi connectivity index (χ3v) is 3.68. The lowest BCUT2D eigenvalue weighted by molar-refractivity contribution is -0.173. The zero-order chi connectivity index (χ0) is 14.6. The molecule has 0 spiro atoms. The highest BCUT2D eigenvalue weighted by Crippen LogP contribution is 2.39. The van der Waals surface area contributed by atoms with Crippen molar-refractivity contribution in [3.05, 3.63) is 0 Å². The standard InChI is InChI=1S/C13H24F3NO2/c1-11(2)3-5-12(18,6-4-11)9-17-7-8-19-10-13(14,15)16/h17-18H,3-10H2,1-2H3. The topological polar surface area (TPSA) is 41.5 Å². The molecule has 1 rings (SSSR count). The molecule has 6 heteroatoms. The van der Waals surface area contributed by atoms with Gasteiger partial charge in [-0.3, -0.25) is 0 Å². The minimum Gasteiger partial charge on any atom is -0.389 e. The summed E-state index contributed by atoms with van der Waals surface area (Å²) in [6.45, 7) is 3.89. The van der Waals surface area contributed by atoms with Crippen molar-refractivity contribution in [3.63, 3.8) is 0 Å². The third-order valence-electron chi connectivity index (χ3n) is 3.68. The van der Waals surface area contributed by atoms with Gasteiger partial charge in [-0.15, -0.1) is 0 Å². The molecule has 1 fully saturated rings. The molecule has 1 saturated carbocycles. The largest absolute Gasteiger partial charge is 0.411 e. The number of rotatable bonds is 6. The Morgan fingerprint density at radius 3 is 2.26 bits per heavy atom. The van der Waals surface area contributed by atoms with Crippen LogP contribution in [0, 0.1) is 5.41 Å². The van der Waals surface area contributed by atoms with Gasteiger partial charge in [0.05, 0.1) is 12.2 Å². The van der Waals surface area contributed by atoms with Gasteiger partial charge in [-0.25, -0.2) is 0 Å². The zero-order valence-electron chi connectivity index (χ0n) is 11.6. The van der Waals surface area contributed by atoms with E-state index in [1.807, 2.05) is 0 Å². The van der Waals surface area contributed by atoms with Crippen molar-refractivity contribution in [2.24, 2.45) is 5.41 Å². The molecule has 0 saturated heterocycles. The summed E-state index contributed by atoms with van der Waals surface area (Å²) in [7, 11) is 0. The van der Waals surface area contributed by atoms with Crippen LogP contribution in [-0.4, -0.2) is 43.2 Å². The molecular formula is C13H24F3NO2. The van der Waals surface area contributed by atoms with Crippen molar-refractivity contribution in [2.45, 2.75) is 51.3 Å². The Hall–Kier alpha value is -0.330. The van der Waals surface area contributed by atoms with Crippen LogP contribution >= 0.6 is 0 Å². The van der Waals surface area contributed by atoms with Crippen LogP contribution in [0.15, 0.2) is 0 Å². The summed E-state index contributed by atoms with van der Waals surface area (Å²) in [6.07, 6.45) is -0.870. The summed E-state index contributed by atoms with van der Waals surface area (Å²) in [6, 6.07) is 0. The molecular weight excluding hydrogens is 259 g/mol. The van der Waals surface area contributed by atoms with Crippen LogP contribution in [0.5, 0.6) is 0 Å². The van der Waals surface area contributed by atoms with E-state index in [-0.39, 0.29) is 12.0 Å². The van der Waals surface area contributed by atoms with E-state index in [2.05, 4.69) is 23.9 Å². The summed E-state index contributed by atoms with van der Waals surface area (Å²) in [5.74, 6) is 0. The van der Waals surface area contributed by atoms with Crippen molar-refractivity contribution in [1.82, 2.24) is 5.32 Å². The normalized spacial score (nSPS) is 22.4. The number of aliphatic hydroxyl groups is 1. The molecule has 0 atom stereocenters. The molecule has 0 bridgehead atoms. The monoisotopic (exact) mass is 283 g/mol. The van der Waals surface area contributed by atoms with Gasteiger partial charge in [0.25, 0.3) is 0 Å². The second-order valence-corrected chi connectivity index (χ2v) is 6.23. The molecule has 0 radical (unpaired) electrons. The van der Waals surface area contributed by atoms with Crippen LogP contribution in [0.1, 0.15) is 39.5 Å². The fraction of sp³-hybridized carbons (Fsp3) is 1.00. The van der Waals surface area contributed by atoms with E-state index in [0.29, 0.717) is 13.1 Å². The summed E-state index contributed by atoms with van der Waals surface area (Å²) in [5.41, 5.74) is -0.443. The van der Waals surface area contributed by atoms with E-state index in [4.69, 9.17) is 0 Å². The molecule has 0 aromatic carbocycles. The second kappa shape index (κ2) is 6.41. The molecule has 0 aromatic rings. The van der Waals surface area contributed by atoms with Gasteiger partial charge in [0.1, 0.15) is 6.61 Å². The summed E-state index contributed by atoms with van der Waals surface area (Å²) in [4.78, 5) is 0. The predicted octanol–water partition coefficient (Wildman–Crippen LogP) is 2.49. The maximum atomic E-state index is 11.8. The second-order valence-electron chi connectivity index (χ2n) is 6.23. The van der Waals surface area contributed by atoms with Gasteiger partial charge < -0.3 is 15.2 Å². The number of alkyl halides is 3. The summed E-state index contributed by atoms with van der Waals surface area (Å²) >= 11 is 0. The molecule has 2 N–H and O–H groups in total. The highest BCUT2D eigenvalue weighted by Gasteiger charge is 2.36. The highest BCUT2D eigenvalue weighted by atomic mass is 19.4. The van der Waals surface area contributed by atoms with Crippen LogP contribution in [-0.2, 0) is 4.74 Å². The van der Waals surface area contributed by atoms with E-state index in [9.17, 15) is 18.3 Å². The molecule has 0 aromatic heterocycles. The Morgan fingerprint density at radius 1 is 1.16 bits per heavy atom. The first-order valence-corrected chi connectivity index (χ1v) is 6.70. The Morgan fingerprint density at radius 2 is 1.74 bits per heavy atom. The number of hydrogen-bond donors (Lipinski definition) is 2. The highest BCUT2D eigenvalue weighted by molar-refractivity contribution is 4.90. The van der Waals surface area contributed by atoms with Crippen molar-refractivity contribution < 1.29 is 23.0 Å². The van der Waals surface area contributed by atoms with E-state index in [1.54, 1.807) is 0 Å². The first-order chi connectivity index (χ1) is 8.62. The Bertz CT molecular complexity index is 270. The Balaban J connectivity index is 2.09. The molecule has 3 nitrogen and oxygen atoms in total. The van der Waals surface area contributed by atoms with Crippen LogP contribution in [0.3, 0.4) is 0 Å². The van der Waals surface area contributed by atoms with Crippen molar-refractivity contribution in [3.8, 4) is 0 Å². The van der Waals surface area contributed by atoms with Crippen LogP contribution in [0.25, 0.3) is 0 Å². The Kier molecular flexibility index (Phi) is 5.65. The summed E-state index contributed by atoms with van der Waals surface area (Å²) < 4.78 is 39.9. The van der Waals surface area contributed by atoms with Gasteiger partial charge >= 0.3 is 6.18 Å². The van der Waals surface area contributed by atoms with Gasteiger partial charge in [0.2, 0.25) is 0 Å². The third kappa shape index (κ3) is 7.13. The van der Waals surface area contributed by atoms with Gasteiger partial charge in [0, 0.05) is 13.1 Å². The zero-order valence-corrected chi connectivity index (χ0v) is 11.6. The molecule has 1 aliphatic carbocycles. The maximum Gasteiger partial charge on any atom is 0.411 e. The molecule has 114 valence electrons. The van der Waals surface area contributed by atoms with Crippen LogP contribution in [0.2, 0.25) is 0 Å². The van der Waals surface area contributed by atoms with Gasteiger partial charge in [0.15, 0.2) is 0 Å². The van der Waals surface area contributed by atoms with Crippen LogP contribution < -0.4 is 5.32 Å². The molecule has 0 amide bonds. The predicted molar refractivity (Wildman–Crippen MR) is 66.9 cm³/mol. The van der Waals surface area contributed by atoms with Crippen molar-refractivity contribution in [1.29, 1.82) is 0 Å². The summed E-state index contributed by atoms with van der Waals surface area (Å²) in [5, 5.41) is 13.3. The number of ether oxygens (including phenoxy) is 1. The number of nitrogens with one attached hydrogen (secondary N) is 1. The number of halogens is 3. The quantitative estimate of drug-likeness (QED) is 0.736. The fourth-order valence-corrected chi connectivity index (χ4v) is 2.22. The van der Waals surface area contributed by atoms with Crippen LogP contribution in [0.4, 0.5) is 13.2 Å². The smallest absolute Gasteiger partial charge is 0.389 e. The van der Waals surface area contributed by atoms with Crippen molar-refractivity contribution in [2.75, 3.05) is 26.3 Å². The lowest BCUT2D eigenvalue weighted by Gasteiger charge is -2.40. The Labute approximate surface area is 112 Å². The van der Waals surface area contributed by atoms with Gasteiger partial charge in [-0.2, -0.15) is 13.2 Å². The van der Waals surface area contributed by atoms with Gasteiger partial charge in [-0.1, -0.05) is 13.8 Å². The van der Waals surface area contributed by atoms with E-state index in [1.165, 1.54) is 0 Å². The molecule has 1 aliphatic rings. The van der Waals surface area contributed by atoms with E-state index in [0.717, 1.165) is 25.7 Å². The first kappa shape index (κ1) is 16.7. The maximum absolute atomic E-state index is 11.8. The minimum atomic E-state index is -4.27. The average Bonchev–Trinajstić information content (AvgIpc) is 2.27. The molecule has 19 heavy (non-hydrogen) atoms. The van der Waals surface area contributed by atoms with Crippen molar-refractivity contribution >= 4 is 0 Å². The van der Waals surface area contributed by atoms with E-state index >= 15 is 0 Å². The molecule has 0 unspecified atom stereocenters. The van der Waals surface area contributed by atoms with E-state index < -0.39 is 18.4 Å². The van der Waals surface area contributed by atoms with Gasteiger partial charge in [-0.05, 0) is 31.1 Å². The molecule has 0 heterocycles.